The molecule has 0 aliphatic heterocycles. The van der Waals surface area contributed by atoms with Gasteiger partial charge in [-0.3, -0.25) is 0 Å². The fourth-order valence-corrected chi connectivity index (χ4v) is 2.52. The highest BCUT2D eigenvalue weighted by Crippen LogP contribution is 2.26. The lowest BCUT2D eigenvalue weighted by atomic mass is 10.2. The van der Waals surface area contributed by atoms with E-state index < -0.39 is 0 Å². The predicted octanol–water partition coefficient (Wildman–Crippen LogP) is 4.21. The van der Waals surface area contributed by atoms with Gasteiger partial charge in [0.1, 0.15) is 0 Å². The van der Waals surface area contributed by atoms with E-state index in [-0.39, 0.29) is 0 Å². The summed E-state index contributed by atoms with van der Waals surface area (Å²) in [5, 5.41) is 0.824. The Morgan fingerprint density at radius 3 is 2.38 bits per heavy atom. The van der Waals surface area contributed by atoms with E-state index in [0.29, 0.717) is 0 Å². The first-order valence-electron chi connectivity index (χ1n) is 4.97. The summed E-state index contributed by atoms with van der Waals surface area (Å²) >= 11 is 7.84. The van der Waals surface area contributed by atoms with E-state index >= 15 is 0 Å². The summed E-state index contributed by atoms with van der Waals surface area (Å²) in [6, 6.07) is 15.8. The normalized spacial score (nSPS) is 10.3. The van der Waals surface area contributed by atoms with Crippen molar-refractivity contribution in [3.8, 4) is 0 Å². The van der Waals surface area contributed by atoms with Crippen LogP contribution in [0.25, 0.3) is 0 Å². The first kappa shape index (κ1) is 11.4. The quantitative estimate of drug-likeness (QED) is 0.651. The molecule has 0 amide bonds. The zero-order valence-corrected chi connectivity index (χ0v) is 10.3. The molecule has 16 heavy (non-hydrogen) atoms. The molecule has 0 aromatic heterocycles. The Labute approximate surface area is 105 Å². The highest BCUT2D eigenvalue weighted by atomic mass is 35.5. The summed E-state index contributed by atoms with van der Waals surface area (Å²) in [6.07, 6.45) is 0. The molecule has 0 bridgehead atoms. The molecule has 0 aliphatic rings. The van der Waals surface area contributed by atoms with Crippen molar-refractivity contribution in [2.24, 2.45) is 0 Å². The van der Waals surface area contributed by atoms with E-state index in [1.165, 1.54) is 4.90 Å². The van der Waals surface area contributed by atoms with Crippen molar-refractivity contribution in [3.63, 3.8) is 0 Å². The van der Waals surface area contributed by atoms with Gasteiger partial charge in [-0.05, 0) is 35.9 Å². The van der Waals surface area contributed by atoms with Gasteiger partial charge in [0.05, 0.1) is 0 Å². The lowest BCUT2D eigenvalue weighted by Crippen LogP contribution is -1.84. The molecular weight excluding hydrogens is 238 g/mol. The molecule has 2 N–H and O–H groups in total. The number of nitrogen functional groups attached to an aromatic ring is 1. The number of halogens is 1. The minimum absolute atomic E-state index is 0.794. The lowest BCUT2D eigenvalue weighted by Gasteiger charge is -2.04. The minimum atomic E-state index is 0.794. The Balaban J connectivity index is 2.02. The Kier molecular flexibility index (Phi) is 3.75. The molecule has 0 saturated carbocycles. The molecule has 1 nitrogen and oxygen atoms in total. The molecule has 3 heteroatoms. The summed E-state index contributed by atoms with van der Waals surface area (Å²) in [7, 11) is 0. The second-order valence-electron chi connectivity index (χ2n) is 3.45. The molecule has 0 atom stereocenters. The van der Waals surface area contributed by atoms with Crippen molar-refractivity contribution in [1.82, 2.24) is 0 Å². The van der Waals surface area contributed by atoms with Crippen molar-refractivity contribution >= 4 is 29.1 Å². The maximum absolute atomic E-state index is 6.08. The van der Waals surface area contributed by atoms with Gasteiger partial charge in [0, 0.05) is 21.4 Å². The zero-order valence-electron chi connectivity index (χ0n) is 8.69. The molecule has 0 spiro atoms. The van der Waals surface area contributed by atoms with E-state index in [1.807, 2.05) is 48.5 Å². The summed E-state index contributed by atoms with van der Waals surface area (Å²) < 4.78 is 0. The van der Waals surface area contributed by atoms with Gasteiger partial charge in [0.25, 0.3) is 0 Å². The van der Waals surface area contributed by atoms with Gasteiger partial charge in [-0.1, -0.05) is 29.8 Å². The summed E-state index contributed by atoms with van der Waals surface area (Å²) in [4.78, 5) is 1.20. The van der Waals surface area contributed by atoms with E-state index in [4.69, 9.17) is 17.3 Å². The first-order valence-corrected chi connectivity index (χ1v) is 6.34. The number of thioether (sulfide) groups is 1. The average Bonchev–Trinajstić information content (AvgIpc) is 2.30. The van der Waals surface area contributed by atoms with Gasteiger partial charge in [0.2, 0.25) is 0 Å². The van der Waals surface area contributed by atoms with Crippen molar-refractivity contribution in [2.75, 3.05) is 5.73 Å². The fourth-order valence-electron chi connectivity index (χ4n) is 1.34. The number of hydrogen-bond acceptors (Lipinski definition) is 2. The molecule has 2 aromatic rings. The third-order valence-corrected chi connectivity index (χ3v) is 3.66. The molecule has 0 radical (unpaired) electrons. The number of rotatable bonds is 3. The van der Waals surface area contributed by atoms with Crippen molar-refractivity contribution < 1.29 is 0 Å². The maximum Gasteiger partial charge on any atom is 0.0446 e. The fraction of sp³-hybridized carbons (Fsp3) is 0.0769. The molecule has 0 heterocycles. The van der Waals surface area contributed by atoms with E-state index in [2.05, 4.69) is 0 Å². The average molecular weight is 250 g/mol. The summed E-state index contributed by atoms with van der Waals surface area (Å²) in [5.41, 5.74) is 7.58. The third kappa shape index (κ3) is 2.94. The van der Waals surface area contributed by atoms with Gasteiger partial charge >= 0.3 is 0 Å². The monoisotopic (exact) mass is 249 g/mol. The molecule has 2 aromatic carbocycles. The number of benzene rings is 2. The van der Waals surface area contributed by atoms with Gasteiger partial charge in [-0.25, -0.2) is 0 Å². The van der Waals surface area contributed by atoms with Crippen LogP contribution >= 0.6 is 23.4 Å². The van der Waals surface area contributed by atoms with Gasteiger partial charge in [-0.15, -0.1) is 11.8 Å². The van der Waals surface area contributed by atoms with E-state index in [9.17, 15) is 0 Å². The molecule has 0 fully saturated rings. The number of nitrogens with two attached hydrogens (primary N) is 1. The molecule has 0 saturated heterocycles. The molecule has 82 valence electrons. The summed E-state index contributed by atoms with van der Waals surface area (Å²) in [5.74, 6) is 0.879. The number of anilines is 1. The first-order chi connectivity index (χ1) is 7.75. The van der Waals surface area contributed by atoms with Crippen LogP contribution in [0, 0.1) is 0 Å². The lowest BCUT2D eigenvalue weighted by molar-refractivity contribution is 1.38. The second kappa shape index (κ2) is 5.28. The van der Waals surface area contributed by atoms with E-state index in [0.717, 1.165) is 22.0 Å². The Hall–Kier alpha value is -1.12. The Morgan fingerprint density at radius 1 is 1.00 bits per heavy atom. The van der Waals surface area contributed by atoms with Crippen molar-refractivity contribution in [3.05, 3.63) is 59.1 Å². The summed E-state index contributed by atoms with van der Waals surface area (Å²) in [6.45, 7) is 0. The largest absolute Gasteiger partial charge is 0.399 e. The predicted molar refractivity (Wildman–Crippen MR) is 71.9 cm³/mol. The molecule has 0 aliphatic carbocycles. The van der Waals surface area contributed by atoms with Crippen LogP contribution < -0.4 is 5.73 Å². The SMILES string of the molecule is Nc1ccc(SCc2ccccc2Cl)cc1. The minimum Gasteiger partial charge on any atom is -0.399 e. The number of hydrogen-bond donors (Lipinski definition) is 1. The topological polar surface area (TPSA) is 26.0 Å². The van der Waals surface area contributed by atoms with Crippen LogP contribution in [0.5, 0.6) is 0 Å². The van der Waals surface area contributed by atoms with Crippen LogP contribution in [0.15, 0.2) is 53.4 Å². The Morgan fingerprint density at radius 2 is 1.69 bits per heavy atom. The van der Waals surface area contributed by atoms with Gasteiger partial charge in [-0.2, -0.15) is 0 Å². The molecule has 2 rings (SSSR count). The third-order valence-electron chi connectivity index (χ3n) is 2.23. The van der Waals surface area contributed by atoms with Crippen molar-refractivity contribution in [1.29, 1.82) is 0 Å². The Bertz CT molecular complexity index is 468. The van der Waals surface area contributed by atoms with E-state index in [1.54, 1.807) is 11.8 Å². The standard InChI is InChI=1S/C13H12ClNS/c14-13-4-2-1-3-10(13)9-16-12-7-5-11(15)6-8-12/h1-8H,9,15H2. The van der Waals surface area contributed by atoms with Crippen LogP contribution in [0.2, 0.25) is 5.02 Å². The highest BCUT2D eigenvalue weighted by molar-refractivity contribution is 7.98. The van der Waals surface area contributed by atoms with Crippen LogP contribution in [-0.2, 0) is 5.75 Å². The van der Waals surface area contributed by atoms with Crippen LogP contribution in [0.3, 0.4) is 0 Å². The van der Waals surface area contributed by atoms with Crippen LogP contribution in [0.1, 0.15) is 5.56 Å². The molecule has 0 unspecified atom stereocenters. The van der Waals surface area contributed by atoms with Crippen LogP contribution in [0.4, 0.5) is 5.69 Å². The smallest absolute Gasteiger partial charge is 0.0446 e. The van der Waals surface area contributed by atoms with Gasteiger partial charge in [0.15, 0.2) is 0 Å². The molecular formula is C13H12ClNS. The van der Waals surface area contributed by atoms with Crippen molar-refractivity contribution in [2.45, 2.75) is 10.6 Å². The highest BCUT2D eigenvalue weighted by Gasteiger charge is 2.00. The van der Waals surface area contributed by atoms with Gasteiger partial charge < -0.3 is 5.73 Å². The maximum atomic E-state index is 6.08. The zero-order chi connectivity index (χ0) is 11.4. The van der Waals surface area contributed by atoms with Crippen LogP contribution in [-0.4, -0.2) is 0 Å². The second-order valence-corrected chi connectivity index (χ2v) is 4.91.